The number of rotatable bonds is 7. The standard InChI is InChI=1S/C29H28F6N6O4/c30-28(31,32)19-12-21(14-22(13-19)41-11-10-23(25(41)42)18-4-2-1-3-5-18)37-27(44)38-24-16-40(39-45-24)15-17-6-8-20(9-7-17)36-26(43)29(33,34)35/h1-5,12-14,16-17,20,23H,6-11,15H2,(H2-,36,37,38,39,43,44)/p+1/t17?,20?,23-/m1/s1. The number of benzene rings is 2. The number of urea groups is 1. The SMILES string of the molecule is O=C(Nc1cc(N2CC[C@H](c3ccccc3)C2=O)cc(C(F)(F)F)c1)Nc1c[n+](CC2CCC(NC(=O)C(F)(F)F)CC2)no1. The fourth-order valence-electron chi connectivity index (χ4n) is 5.65. The number of carbonyl (C=O) groups excluding carboxylic acids is 3. The van der Waals surface area contributed by atoms with E-state index in [-0.39, 0.29) is 35.6 Å². The van der Waals surface area contributed by atoms with Gasteiger partial charge in [0.25, 0.3) is 6.20 Å². The second-order valence-corrected chi connectivity index (χ2v) is 11.1. The molecule has 3 N–H and O–H groups in total. The molecule has 2 aromatic carbocycles. The molecule has 10 nitrogen and oxygen atoms in total. The Balaban J connectivity index is 1.19. The van der Waals surface area contributed by atoms with Crippen molar-refractivity contribution in [3.63, 3.8) is 0 Å². The molecule has 45 heavy (non-hydrogen) atoms. The van der Waals surface area contributed by atoms with Crippen molar-refractivity contribution in [3.05, 3.63) is 65.9 Å². The van der Waals surface area contributed by atoms with E-state index in [2.05, 4.69) is 15.9 Å². The van der Waals surface area contributed by atoms with Gasteiger partial charge in [0.05, 0.1) is 11.5 Å². The molecule has 240 valence electrons. The van der Waals surface area contributed by atoms with Gasteiger partial charge in [-0.3, -0.25) is 19.4 Å². The van der Waals surface area contributed by atoms with Crippen molar-refractivity contribution in [2.75, 3.05) is 22.1 Å². The number of alkyl halides is 6. The Morgan fingerprint density at radius 3 is 2.33 bits per heavy atom. The van der Waals surface area contributed by atoms with Crippen LogP contribution >= 0.6 is 0 Å². The van der Waals surface area contributed by atoms with E-state index >= 15 is 0 Å². The van der Waals surface area contributed by atoms with Crippen molar-refractivity contribution in [1.29, 1.82) is 0 Å². The van der Waals surface area contributed by atoms with E-state index in [0.29, 0.717) is 38.6 Å². The van der Waals surface area contributed by atoms with Gasteiger partial charge in [0, 0.05) is 29.9 Å². The number of aromatic nitrogens is 2. The number of hydrogen-bond donors (Lipinski definition) is 3. The summed E-state index contributed by atoms with van der Waals surface area (Å²) in [6, 6.07) is 10.4. The summed E-state index contributed by atoms with van der Waals surface area (Å²) in [4.78, 5) is 38.2. The Morgan fingerprint density at radius 2 is 1.67 bits per heavy atom. The van der Waals surface area contributed by atoms with Gasteiger partial charge in [-0.25, -0.2) is 4.79 Å². The lowest BCUT2D eigenvalue weighted by atomic mass is 9.86. The number of nitrogens with zero attached hydrogens (tertiary/aromatic N) is 3. The summed E-state index contributed by atoms with van der Waals surface area (Å²) in [6.45, 7) is 0.533. The minimum atomic E-state index is -4.94. The molecule has 0 bridgehead atoms. The Morgan fingerprint density at radius 1 is 0.956 bits per heavy atom. The summed E-state index contributed by atoms with van der Waals surface area (Å²) >= 11 is 0. The van der Waals surface area contributed by atoms with Crippen LogP contribution in [0.25, 0.3) is 0 Å². The number of halogens is 6. The van der Waals surface area contributed by atoms with Gasteiger partial charge in [-0.05, 0) is 55.9 Å². The van der Waals surface area contributed by atoms with Crippen LogP contribution < -0.4 is 25.5 Å². The Hall–Kier alpha value is -4.63. The number of anilines is 3. The van der Waals surface area contributed by atoms with Gasteiger partial charge < -0.3 is 15.5 Å². The van der Waals surface area contributed by atoms with Crippen molar-refractivity contribution in [2.45, 2.75) is 63.0 Å². The van der Waals surface area contributed by atoms with E-state index in [9.17, 15) is 40.7 Å². The predicted molar refractivity (Wildman–Crippen MR) is 147 cm³/mol. The van der Waals surface area contributed by atoms with Crippen LogP contribution in [0.4, 0.5) is 48.4 Å². The quantitative estimate of drug-likeness (QED) is 0.237. The molecule has 0 unspecified atom stereocenters. The van der Waals surface area contributed by atoms with E-state index in [1.54, 1.807) is 30.3 Å². The maximum atomic E-state index is 13.8. The van der Waals surface area contributed by atoms with Gasteiger partial charge in [0.2, 0.25) is 11.2 Å². The summed E-state index contributed by atoms with van der Waals surface area (Å²) in [5, 5.41) is 10.5. The molecule has 1 aliphatic heterocycles. The molecule has 1 saturated heterocycles. The van der Waals surface area contributed by atoms with Gasteiger partial charge in [-0.2, -0.15) is 26.3 Å². The molecule has 0 radical (unpaired) electrons. The highest BCUT2D eigenvalue weighted by Gasteiger charge is 2.40. The fourth-order valence-corrected chi connectivity index (χ4v) is 5.65. The van der Waals surface area contributed by atoms with Crippen LogP contribution in [0.3, 0.4) is 0 Å². The van der Waals surface area contributed by atoms with E-state index < -0.39 is 41.8 Å². The van der Waals surface area contributed by atoms with Crippen LogP contribution in [-0.2, 0) is 22.3 Å². The zero-order valence-electron chi connectivity index (χ0n) is 23.6. The van der Waals surface area contributed by atoms with E-state index in [1.165, 1.54) is 21.8 Å². The van der Waals surface area contributed by atoms with E-state index in [0.717, 1.165) is 17.7 Å². The van der Waals surface area contributed by atoms with Crippen LogP contribution in [0, 0.1) is 5.92 Å². The molecular formula is C29H29F6N6O4+. The Labute approximate surface area is 252 Å². The highest BCUT2D eigenvalue weighted by atomic mass is 19.4. The molecule has 4 amide bonds. The molecule has 2 heterocycles. The molecule has 5 rings (SSSR count). The predicted octanol–water partition coefficient (Wildman–Crippen LogP) is 5.38. The van der Waals surface area contributed by atoms with E-state index in [1.807, 2.05) is 5.32 Å². The molecule has 16 heteroatoms. The third-order valence-electron chi connectivity index (χ3n) is 7.85. The summed E-state index contributed by atoms with van der Waals surface area (Å²) in [6.07, 6.45) is -6.15. The van der Waals surface area contributed by atoms with E-state index in [4.69, 9.17) is 4.52 Å². The fraction of sp³-hybridized carbons (Fsp3) is 0.414. The molecule has 1 saturated carbocycles. The molecule has 3 aromatic rings. The number of hydrogen-bond acceptors (Lipinski definition) is 5. The lowest BCUT2D eigenvalue weighted by Gasteiger charge is -2.27. The molecule has 2 fully saturated rings. The molecule has 1 atom stereocenters. The first-order chi connectivity index (χ1) is 21.3. The maximum absolute atomic E-state index is 13.8. The second kappa shape index (κ2) is 12.8. The lowest BCUT2D eigenvalue weighted by Crippen LogP contribution is -2.46. The highest BCUT2D eigenvalue weighted by Crippen LogP contribution is 2.38. The number of carbonyl (C=O) groups is 3. The summed E-state index contributed by atoms with van der Waals surface area (Å²) in [5.74, 6) is -2.88. The molecule has 1 aliphatic carbocycles. The van der Waals surface area contributed by atoms with Gasteiger partial charge in [-0.1, -0.05) is 35.0 Å². The second-order valence-electron chi connectivity index (χ2n) is 11.1. The van der Waals surface area contributed by atoms with Gasteiger partial charge in [-0.15, -0.1) is 0 Å². The van der Waals surface area contributed by atoms with Crippen molar-refractivity contribution in [1.82, 2.24) is 10.6 Å². The molecule has 1 aromatic heterocycles. The number of amides is 4. The lowest BCUT2D eigenvalue weighted by molar-refractivity contribution is -0.767. The van der Waals surface area contributed by atoms with Crippen molar-refractivity contribution >= 4 is 35.1 Å². The van der Waals surface area contributed by atoms with Crippen molar-refractivity contribution < 1.29 is 49.9 Å². The summed E-state index contributed by atoms with van der Waals surface area (Å²) in [7, 11) is 0. The minimum absolute atomic E-state index is 0.00578. The first-order valence-corrected chi connectivity index (χ1v) is 14.2. The van der Waals surface area contributed by atoms with Crippen LogP contribution in [0.5, 0.6) is 0 Å². The topological polar surface area (TPSA) is 120 Å². The average molecular weight is 640 g/mol. The third-order valence-corrected chi connectivity index (χ3v) is 7.85. The zero-order valence-corrected chi connectivity index (χ0v) is 23.6. The van der Waals surface area contributed by atoms with Gasteiger partial charge >= 0.3 is 30.2 Å². The molecule has 2 aliphatic rings. The average Bonchev–Trinajstić information content (AvgIpc) is 3.59. The van der Waals surface area contributed by atoms with Crippen LogP contribution in [0.1, 0.15) is 49.1 Å². The third kappa shape index (κ3) is 7.91. The van der Waals surface area contributed by atoms with Crippen LogP contribution in [0.2, 0.25) is 0 Å². The number of nitrogens with one attached hydrogen (secondary N) is 3. The van der Waals surface area contributed by atoms with Gasteiger partial charge in [0.15, 0.2) is 6.54 Å². The first-order valence-electron chi connectivity index (χ1n) is 14.2. The molecule has 0 spiro atoms. The minimum Gasteiger partial charge on any atom is -0.346 e. The summed E-state index contributed by atoms with van der Waals surface area (Å²) in [5.41, 5.74) is -0.485. The maximum Gasteiger partial charge on any atom is 0.471 e. The summed E-state index contributed by atoms with van der Waals surface area (Å²) < 4.78 is 85.2. The largest absolute Gasteiger partial charge is 0.471 e. The smallest absolute Gasteiger partial charge is 0.346 e. The van der Waals surface area contributed by atoms with Crippen molar-refractivity contribution in [2.24, 2.45) is 5.92 Å². The van der Waals surface area contributed by atoms with Crippen molar-refractivity contribution in [3.8, 4) is 0 Å². The highest BCUT2D eigenvalue weighted by molar-refractivity contribution is 6.02. The molecular weight excluding hydrogens is 610 g/mol. The Bertz CT molecular complexity index is 1540. The normalized spacial score (nSPS) is 20.6. The van der Waals surface area contributed by atoms with Gasteiger partial charge in [0.1, 0.15) is 0 Å². The monoisotopic (exact) mass is 639 g/mol. The first kappa shape index (κ1) is 31.8. The van der Waals surface area contributed by atoms with Crippen LogP contribution in [-0.4, -0.2) is 41.9 Å². The van der Waals surface area contributed by atoms with Crippen LogP contribution in [0.15, 0.2) is 59.3 Å². The zero-order chi connectivity index (χ0) is 32.4. The Kier molecular flexibility index (Phi) is 9.02.